The average Bonchev–Trinajstić information content (AvgIpc) is 2.39. The summed E-state index contributed by atoms with van der Waals surface area (Å²) < 4.78 is 13.3. The molecule has 94 valence electrons. The van der Waals surface area contributed by atoms with Gasteiger partial charge in [-0.2, -0.15) is 0 Å². The molecule has 2 aromatic rings. The number of benzene rings is 2. The fraction of sp³-hybridized carbons (Fsp3) is 0.0769. The van der Waals surface area contributed by atoms with Gasteiger partial charge < -0.3 is 5.43 Å². The summed E-state index contributed by atoms with van der Waals surface area (Å²) in [7, 11) is 0. The van der Waals surface area contributed by atoms with Gasteiger partial charge in [-0.25, -0.2) is 9.82 Å². The lowest BCUT2D eigenvalue weighted by Gasteiger charge is -2.11. The van der Waals surface area contributed by atoms with Crippen LogP contribution in [0.15, 0.2) is 42.5 Å². The molecule has 0 aliphatic carbocycles. The van der Waals surface area contributed by atoms with Crippen molar-refractivity contribution in [3.8, 4) is 0 Å². The second kappa shape index (κ2) is 6.05. The summed E-state index contributed by atoms with van der Waals surface area (Å²) in [6.45, 7) is 0.324. The van der Waals surface area contributed by atoms with E-state index in [0.717, 1.165) is 5.69 Å². The highest BCUT2D eigenvalue weighted by Gasteiger charge is 2.09. The third-order valence-electron chi connectivity index (χ3n) is 2.41. The highest BCUT2D eigenvalue weighted by atomic mass is 35.5. The molecule has 0 spiro atoms. The van der Waals surface area contributed by atoms with Gasteiger partial charge in [-0.05, 0) is 24.3 Å². The Bertz CT molecular complexity index is 532. The van der Waals surface area contributed by atoms with Gasteiger partial charge in [-0.15, -0.1) is 0 Å². The molecule has 0 heterocycles. The molecule has 2 rings (SSSR count). The minimum absolute atomic E-state index is 0.0462. The maximum Gasteiger partial charge on any atom is 0.142 e. The van der Waals surface area contributed by atoms with Crippen LogP contribution in [0.5, 0.6) is 0 Å². The Labute approximate surface area is 115 Å². The fourth-order valence-electron chi connectivity index (χ4n) is 1.49. The minimum atomic E-state index is -0.474. The number of hydrogen-bond acceptors (Lipinski definition) is 2. The first-order valence-corrected chi connectivity index (χ1v) is 6.10. The topological polar surface area (TPSA) is 24.1 Å². The third-order valence-corrected chi connectivity index (χ3v) is 3.17. The molecular weight excluding hydrogens is 274 g/mol. The number of nitrogens with one attached hydrogen (secondary N) is 2. The molecule has 0 unspecified atom stereocenters. The van der Waals surface area contributed by atoms with Crippen molar-refractivity contribution in [3.05, 3.63) is 63.9 Å². The van der Waals surface area contributed by atoms with Crippen LogP contribution in [0, 0.1) is 5.82 Å². The van der Waals surface area contributed by atoms with E-state index in [4.69, 9.17) is 23.2 Å². The van der Waals surface area contributed by atoms with Crippen LogP contribution in [-0.2, 0) is 6.54 Å². The average molecular weight is 285 g/mol. The molecule has 0 saturated carbocycles. The Hall–Kier alpha value is -1.29. The van der Waals surface area contributed by atoms with Crippen molar-refractivity contribution in [1.82, 2.24) is 5.43 Å². The summed E-state index contributed by atoms with van der Waals surface area (Å²) in [5.74, 6) is -0.474. The maximum atomic E-state index is 13.3. The molecule has 0 aromatic heterocycles. The molecule has 0 amide bonds. The van der Waals surface area contributed by atoms with Crippen LogP contribution in [0.2, 0.25) is 10.0 Å². The number of anilines is 1. The normalized spacial score (nSPS) is 10.4. The van der Waals surface area contributed by atoms with Crippen LogP contribution < -0.4 is 10.9 Å². The number of rotatable bonds is 4. The quantitative estimate of drug-likeness (QED) is 0.648. The molecule has 0 aliphatic heterocycles. The van der Waals surface area contributed by atoms with E-state index in [2.05, 4.69) is 10.9 Å². The predicted molar refractivity (Wildman–Crippen MR) is 73.3 cm³/mol. The Kier molecular flexibility index (Phi) is 4.42. The molecule has 2 N–H and O–H groups in total. The standard InChI is InChI=1S/C13H11Cl2FN2/c14-11-6-7-12(16)13(15)10(11)8-17-18-9-4-2-1-3-5-9/h1-7,17-18H,8H2. The van der Waals surface area contributed by atoms with Crippen molar-refractivity contribution >= 4 is 28.9 Å². The van der Waals surface area contributed by atoms with E-state index >= 15 is 0 Å². The highest BCUT2D eigenvalue weighted by molar-refractivity contribution is 6.36. The summed E-state index contributed by atoms with van der Waals surface area (Å²) in [6, 6.07) is 12.3. The summed E-state index contributed by atoms with van der Waals surface area (Å²) >= 11 is 11.8. The van der Waals surface area contributed by atoms with Gasteiger partial charge in [0.25, 0.3) is 0 Å². The van der Waals surface area contributed by atoms with Crippen molar-refractivity contribution < 1.29 is 4.39 Å². The smallest absolute Gasteiger partial charge is 0.142 e. The van der Waals surface area contributed by atoms with E-state index in [1.54, 1.807) is 0 Å². The molecule has 18 heavy (non-hydrogen) atoms. The van der Waals surface area contributed by atoms with Crippen LogP contribution in [0.4, 0.5) is 10.1 Å². The van der Waals surface area contributed by atoms with E-state index in [1.807, 2.05) is 30.3 Å². The molecule has 5 heteroatoms. The summed E-state index contributed by atoms with van der Waals surface area (Å²) in [5.41, 5.74) is 7.35. The molecule has 0 aliphatic rings. The summed E-state index contributed by atoms with van der Waals surface area (Å²) in [4.78, 5) is 0. The monoisotopic (exact) mass is 284 g/mol. The van der Waals surface area contributed by atoms with Crippen molar-refractivity contribution in [2.45, 2.75) is 6.54 Å². The molecule has 0 bridgehead atoms. The first kappa shape index (κ1) is 13.1. The molecule has 2 aromatic carbocycles. The molecule has 0 radical (unpaired) electrons. The van der Waals surface area contributed by atoms with E-state index < -0.39 is 5.82 Å². The number of halogens is 3. The van der Waals surface area contributed by atoms with Gasteiger partial charge >= 0.3 is 0 Å². The van der Waals surface area contributed by atoms with E-state index in [9.17, 15) is 4.39 Å². The van der Waals surface area contributed by atoms with Crippen LogP contribution in [0.25, 0.3) is 0 Å². The Morgan fingerprint density at radius 2 is 1.72 bits per heavy atom. The Morgan fingerprint density at radius 3 is 2.44 bits per heavy atom. The molecule has 0 fully saturated rings. The lowest BCUT2D eigenvalue weighted by Crippen LogP contribution is -2.21. The van der Waals surface area contributed by atoms with Crippen molar-refractivity contribution in [2.75, 3.05) is 5.43 Å². The third kappa shape index (κ3) is 3.13. The zero-order valence-corrected chi connectivity index (χ0v) is 10.9. The number of para-hydroxylation sites is 1. The number of hydrazine groups is 1. The zero-order chi connectivity index (χ0) is 13.0. The summed E-state index contributed by atoms with van der Waals surface area (Å²) in [5, 5.41) is 0.480. The number of hydrogen-bond donors (Lipinski definition) is 2. The van der Waals surface area contributed by atoms with Crippen LogP contribution in [-0.4, -0.2) is 0 Å². The lowest BCUT2D eigenvalue weighted by molar-refractivity contribution is 0.624. The molecule has 2 nitrogen and oxygen atoms in total. The van der Waals surface area contributed by atoms with Crippen molar-refractivity contribution in [2.24, 2.45) is 0 Å². The van der Waals surface area contributed by atoms with Gasteiger partial charge in [0.2, 0.25) is 0 Å². The predicted octanol–water partition coefficient (Wildman–Crippen LogP) is 4.25. The van der Waals surface area contributed by atoms with Gasteiger partial charge in [-0.1, -0.05) is 41.4 Å². The minimum Gasteiger partial charge on any atom is -0.321 e. The van der Waals surface area contributed by atoms with Gasteiger partial charge in [0.1, 0.15) is 5.82 Å². The zero-order valence-electron chi connectivity index (χ0n) is 9.38. The largest absolute Gasteiger partial charge is 0.321 e. The highest BCUT2D eigenvalue weighted by Crippen LogP contribution is 2.26. The van der Waals surface area contributed by atoms with Crippen LogP contribution in [0.1, 0.15) is 5.56 Å². The molecule has 0 atom stereocenters. The Balaban J connectivity index is 2.01. The SMILES string of the molecule is Fc1ccc(Cl)c(CNNc2ccccc2)c1Cl. The van der Waals surface area contributed by atoms with Crippen molar-refractivity contribution in [3.63, 3.8) is 0 Å². The maximum absolute atomic E-state index is 13.3. The van der Waals surface area contributed by atoms with Gasteiger partial charge in [0.15, 0.2) is 0 Å². The van der Waals surface area contributed by atoms with Crippen LogP contribution >= 0.6 is 23.2 Å². The second-order valence-electron chi connectivity index (χ2n) is 3.67. The first-order chi connectivity index (χ1) is 8.68. The van der Waals surface area contributed by atoms with Crippen LogP contribution in [0.3, 0.4) is 0 Å². The van der Waals surface area contributed by atoms with Gasteiger partial charge in [-0.3, -0.25) is 0 Å². The van der Waals surface area contributed by atoms with Gasteiger partial charge in [0, 0.05) is 22.8 Å². The van der Waals surface area contributed by atoms with E-state index in [-0.39, 0.29) is 5.02 Å². The van der Waals surface area contributed by atoms with E-state index in [1.165, 1.54) is 12.1 Å². The summed E-state index contributed by atoms with van der Waals surface area (Å²) in [6.07, 6.45) is 0. The fourth-order valence-corrected chi connectivity index (χ4v) is 1.99. The first-order valence-electron chi connectivity index (χ1n) is 5.35. The lowest BCUT2D eigenvalue weighted by atomic mass is 10.2. The van der Waals surface area contributed by atoms with Gasteiger partial charge in [0.05, 0.1) is 5.02 Å². The molecule has 0 saturated heterocycles. The second-order valence-corrected chi connectivity index (χ2v) is 4.45. The van der Waals surface area contributed by atoms with Crippen molar-refractivity contribution in [1.29, 1.82) is 0 Å². The van der Waals surface area contributed by atoms with E-state index in [0.29, 0.717) is 17.1 Å². The molecular formula is C13H11Cl2FN2. The Morgan fingerprint density at radius 1 is 1.00 bits per heavy atom.